The van der Waals surface area contributed by atoms with Crippen LogP contribution in [0.3, 0.4) is 0 Å². The standard InChI is InChI=1S/C25H30N4O4S/c26-14-17-4-1-2-7-20(17)29-11-8-16(9-12-29)15-28-24(33)23(32)22(31)21(30)18-5-3-6-19(18)25-27-10-13-34-25/h1-2,4,7,10,13,16,18-19,22-23,31-32H,3,5-6,8-9,11-12,15H2,(H,28,33)/t18?,19?,22-,23+/m0/s1. The van der Waals surface area contributed by atoms with Gasteiger partial charge in [-0.05, 0) is 43.7 Å². The summed E-state index contributed by atoms with van der Waals surface area (Å²) < 4.78 is 0. The number of hydrogen-bond acceptors (Lipinski definition) is 8. The lowest BCUT2D eigenvalue weighted by Gasteiger charge is -2.34. The minimum atomic E-state index is -1.78. The number of ketones is 1. The maximum Gasteiger partial charge on any atom is 0.252 e. The van der Waals surface area contributed by atoms with E-state index in [-0.39, 0.29) is 11.8 Å². The molecule has 0 radical (unpaired) electrons. The Morgan fingerprint density at radius 2 is 1.94 bits per heavy atom. The van der Waals surface area contributed by atoms with E-state index < -0.39 is 29.8 Å². The molecule has 1 aromatic heterocycles. The molecule has 2 heterocycles. The average molecular weight is 483 g/mol. The zero-order valence-electron chi connectivity index (χ0n) is 19.0. The highest BCUT2D eigenvalue weighted by molar-refractivity contribution is 7.09. The monoisotopic (exact) mass is 482 g/mol. The van der Waals surface area contributed by atoms with Gasteiger partial charge in [-0.2, -0.15) is 5.26 Å². The molecule has 1 aliphatic carbocycles. The van der Waals surface area contributed by atoms with Crippen molar-refractivity contribution in [2.75, 3.05) is 24.5 Å². The molecule has 0 bridgehead atoms. The smallest absolute Gasteiger partial charge is 0.252 e. The summed E-state index contributed by atoms with van der Waals surface area (Å²) in [7, 11) is 0. The van der Waals surface area contributed by atoms with Gasteiger partial charge in [0, 0.05) is 43.0 Å². The van der Waals surface area contributed by atoms with Gasteiger partial charge in [0.25, 0.3) is 5.91 Å². The van der Waals surface area contributed by atoms with Crippen LogP contribution in [0.1, 0.15) is 48.6 Å². The largest absolute Gasteiger partial charge is 0.382 e. The average Bonchev–Trinajstić information content (AvgIpc) is 3.58. The maximum atomic E-state index is 12.9. The second-order valence-electron chi connectivity index (χ2n) is 9.11. The van der Waals surface area contributed by atoms with E-state index in [0.717, 1.165) is 49.5 Å². The number of aromatic nitrogens is 1. The molecule has 2 fully saturated rings. The van der Waals surface area contributed by atoms with Crippen molar-refractivity contribution in [2.45, 2.75) is 50.2 Å². The number of nitrogens with zero attached hydrogens (tertiary/aromatic N) is 3. The number of rotatable bonds is 8. The van der Waals surface area contributed by atoms with Gasteiger partial charge in [0.05, 0.1) is 16.3 Å². The molecule has 3 N–H and O–H groups in total. The van der Waals surface area contributed by atoms with Crippen molar-refractivity contribution in [1.82, 2.24) is 10.3 Å². The first-order chi connectivity index (χ1) is 16.5. The van der Waals surface area contributed by atoms with E-state index in [1.807, 2.05) is 23.6 Å². The minimum absolute atomic E-state index is 0.0613. The van der Waals surface area contributed by atoms with Gasteiger partial charge in [-0.25, -0.2) is 4.98 Å². The van der Waals surface area contributed by atoms with Crippen molar-refractivity contribution >= 4 is 28.7 Å². The summed E-state index contributed by atoms with van der Waals surface area (Å²) in [5, 5.41) is 35.6. The molecular weight excluding hydrogens is 452 g/mol. The number of piperidine rings is 1. The first-order valence-electron chi connectivity index (χ1n) is 11.8. The number of thiazole rings is 1. The maximum absolute atomic E-state index is 12.9. The van der Waals surface area contributed by atoms with Gasteiger partial charge in [-0.15, -0.1) is 11.3 Å². The fraction of sp³-hybridized carbons (Fsp3) is 0.520. The second-order valence-corrected chi connectivity index (χ2v) is 10.0. The number of para-hydroxylation sites is 1. The van der Waals surface area contributed by atoms with Crippen LogP contribution >= 0.6 is 11.3 Å². The zero-order chi connectivity index (χ0) is 24.1. The van der Waals surface area contributed by atoms with Crippen molar-refractivity contribution in [2.24, 2.45) is 11.8 Å². The van der Waals surface area contributed by atoms with E-state index in [2.05, 4.69) is 21.3 Å². The Kier molecular flexibility index (Phi) is 7.93. The lowest BCUT2D eigenvalue weighted by atomic mass is 9.88. The summed E-state index contributed by atoms with van der Waals surface area (Å²) in [6.07, 6.45) is 2.13. The quantitative estimate of drug-likeness (QED) is 0.527. The topological polar surface area (TPSA) is 127 Å². The van der Waals surface area contributed by atoms with Crippen molar-refractivity contribution in [3.05, 3.63) is 46.4 Å². The Morgan fingerprint density at radius 1 is 1.18 bits per heavy atom. The third kappa shape index (κ3) is 5.30. The molecule has 2 unspecified atom stereocenters. The molecule has 9 heteroatoms. The number of amides is 1. The third-order valence-electron chi connectivity index (χ3n) is 7.05. The third-order valence-corrected chi connectivity index (χ3v) is 7.96. The molecule has 2 aromatic rings. The lowest BCUT2D eigenvalue weighted by Crippen LogP contribution is -2.49. The number of nitrogens with one attached hydrogen (secondary N) is 1. The molecule has 0 spiro atoms. The lowest BCUT2D eigenvalue weighted by molar-refractivity contribution is -0.147. The molecule has 1 saturated heterocycles. The van der Waals surface area contributed by atoms with Crippen LogP contribution in [0.15, 0.2) is 35.8 Å². The fourth-order valence-corrected chi connectivity index (χ4v) is 5.94. The predicted octanol–water partition coefficient (Wildman–Crippen LogP) is 2.22. The minimum Gasteiger partial charge on any atom is -0.382 e. The van der Waals surface area contributed by atoms with Gasteiger partial charge in [0.2, 0.25) is 0 Å². The molecule has 8 nitrogen and oxygen atoms in total. The Labute approximate surface area is 203 Å². The zero-order valence-corrected chi connectivity index (χ0v) is 19.8. The number of anilines is 1. The van der Waals surface area contributed by atoms with Gasteiger partial charge in [-0.1, -0.05) is 18.6 Å². The fourth-order valence-electron chi connectivity index (χ4n) is 5.10. The molecule has 180 valence electrons. The number of Topliss-reactive ketones (excluding diaryl/α,β-unsaturated/α-hetero) is 1. The molecule has 1 aromatic carbocycles. The van der Waals surface area contributed by atoms with Crippen molar-refractivity contribution in [3.63, 3.8) is 0 Å². The van der Waals surface area contributed by atoms with Crippen LogP contribution in [0.2, 0.25) is 0 Å². The van der Waals surface area contributed by atoms with E-state index in [1.54, 1.807) is 12.3 Å². The van der Waals surface area contributed by atoms with Crippen LogP contribution in [-0.4, -0.2) is 58.7 Å². The van der Waals surface area contributed by atoms with Crippen LogP contribution in [0.4, 0.5) is 5.69 Å². The highest BCUT2D eigenvalue weighted by Gasteiger charge is 2.41. The summed E-state index contributed by atoms with van der Waals surface area (Å²) in [5.41, 5.74) is 1.57. The number of nitriles is 1. The van der Waals surface area contributed by atoms with Gasteiger partial charge < -0.3 is 20.4 Å². The van der Waals surface area contributed by atoms with E-state index in [9.17, 15) is 25.1 Å². The number of aliphatic hydroxyl groups excluding tert-OH is 2. The Balaban J connectivity index is 1.25. The van der Waals surface area contributed by atoms with E-state index in [4.69, 9.17) is 0 Å². The molecular formula is C25H30N4O4S. The van der Waals surface area contributed by atoms with Crippen LogP contribution in [-0.2, 0) is 9.59 Å². The summed E-state index contributed by atoms with van der Waals surface area (Å²) in [6, 6.07) is 9.74. The molecule has 1 amide bonds. The number of carbonyl (C=O) groups is 2. The molecule has 4 atom stereocenters. The highest BCUT2D eigenvalue weighted by Crippen LogP contribution is 2.41. The number of hydrogen-bond donors (Lipinski definition) is 3. The van der Waals surface area contributed by atoms with Crippen LogP contribution in [0, 0.1) is 23.2 Å². The Bertz CT molecular complexity index is 1030. The van der Waals surface area contributed by atoms with Crippen molar-refractivity contribution in [1.29, 1.82) is 5.26 Å². The number of aliphatic hydroxyl groups is 2. The van der Waals surface area contributed by atoms with Crippen LogP contribution in [0.25, 0.3) is 0 Å². The van der Waals surface area contributed by atoms with Crippen molar-refractivity contribution in [3.8, 4) is 6.07 Å². The highest BCUT2D eigenvalue weighted by atomic mass is 32.1. The predicted molar refractivity (Wildman–Crippen MR) is 128 cm³/mol. The number of benzene rings is 1. The number of carbonyl (C=O) groups excluding carboxylic acids is 2. The second kappa shape index (κ2) is 11.1. The van der Waals surface area contributed by atoms with E-state index in [0.29, 0.717) is 18.5 Å². The van der Waals surface area contributed by atoms with Gasteiger partial charge in [0.15, 0.2) is 11.9 Å². The molecule has 2 aliphatic rings. The Morgan fingerprint density at radius 3 is 2.65 bits per heavy atom. The van der Waals surface area contributed by atoms with Crippen LogP contribution < -0.4 is 10.2 Å². The van der Waals surface area contributed by atoms with Crippen LogP contribution in [0.5, 0.6) is 0 Å². The molecule has 4 rings (SSSR count). The SMILES string of the molecule is N#Cc1ccccc1N1CCC(CNC(=O)[C@H](O)[C@@H](O)C(=O)C2CCCC2c2nccs2)CC1. The first kappa shape index (κ1) is 24.3. The van der Waals surface area contributed by atoms with Gasteiger partial charge in [-0.3, -0.25) is 9.59 Å². The Hall–Kier alpha value is -2.80. The summed E-state index contributed by atoms with van der Waals surface area (Å²) in [5.74, 6) is -1.47. The molecule has 1 saturated carbocycles. The summed E-state index contributed by atoms with van der Waals surface area (Å²) in [4.78, 5) is 31.9. The summed E-state index contributed by atoms with van der Waals surface area (Å²) in [6.45, 7) is 1.90. The normalized spacial score (nSPS) is 22.7. The van der Waals surface area contributed by atoms with Gasteiger partial charge >= 0.3 is 0 Å². The van der Waals surface area contributed by atoms with E-state index in [1.165, 1.54) is 11.3 Å². The summed E-state index contributed by atoms with van der Waals surface area (Å²) >= 11 is 1.49. The molecule has 34 heavy (non-hydrogen) atoms. The van der Waals surface area contributed by atoms with E-state index >= 15 is 0 Å². The van der Waals surface area contributed by atoms with Gasteiger partial charge in [0.1, 0.15) is 12.2 Å². The first-order valence-corrected chi connectivity index (χ1v) is 12.7. The van der Waals surface area contributed by atoms with Crippen molar-refractivity contribution < 1.29 is 19.8 Å². The molecule has 1 aliphatic heterocycles.